The maximum absolute atomic E-state index is 11.2. The van der Waals surface area contributed by atoms with Crippen molar-refractivity contribution in [2.45, 2.75) is 26.7 Å². The summed E-state index contributed by atoms with van der Waals surface area (Å²) in [6.45, 7) is 10.1. The van der Waals surface area contributed by atoms with Gasteiger partial charge in [0.1, 0.15) is 11.4 Å². The third-order valence-electron chi connectivity index (χ3n) is 4.96. The van der Waals surface area contributed by atoms with Crippen LogP contribution in [0, 0.1) is 4.91 Å². The summed E-state index contributed by atoms with van der Waals surface area (Å²) < 4.78 is 0. The lowest BCUT2D eigenvalue weighted by Gasteiger charge is -2.29. The molecule has 0 saturated heterocycles. The molecule has 0 amide bonds. The van der Waals surface area contributed by atoms with Crippen LogP contribution >= 0.6 is 12.2 Å². The van der Waals surface area contributed by atoms with Crippen LogP contribution in [0.3, 0.4) is 0 Å². The second-order valence-corrected chi connectivity index (χ2v) is 8.04. The molecule has 6 nitrogen and oxygen atoms in total. The van der Waals surface area contributed by atoms with E-state index >= 15 is 0 Å². The molecule has 0 aliphatic rings. The predicted octanol–water partition coefficient (Wildman–Crippen LogP) is 5.99. The van der Waals surface area contributed by atoms with E-state index < -0.39 is 0 Å². The fourth-order valence-electron chi connectivity index (χ4n) is 3.40. The fraction of sp³-hybridized carbons (Fsp3) is 0.292. The predicted molar refractivity (Wildman–Crippen MR) is 136 cm³/mol. The van der Waals surface area contributed by atoms with Crippen LogP contribution < -0.4 is 15.1 Å². The van der Waals surface area contributed by atoms with Gasteiger partial charge in [-0.3, -0.25) is 4.90 Å². The Labute approximate surface area is 189 Å². The first kappa shape index (κ1) is 24.1. The maximum Gasteiger partial charge on any atom is 0.177 e. The molecule has 2 rings (SSSR count). The molecule has 2 N–H and O–H groups in total. The normalized spacial score (nSPS) is 10.9. The Balaban J connectivity index is 2.67. The molecule has 0 fully saturated rings. The van der Waals surface area contributed by atoms with Crippen LogP contribution in [0.25, 0.3) is 11.8 Å². The van der Waals surface area contributed by atoms with Gasteiger partial charge in [-0.1, -0.05) is 32.6 Å². The summed E-state index contributed by atoms with van der Waals surface area (Å²) in [5.74, 6) is -0.0308. The SMILES string of the molecule is C=C(c1cc(C(C)C)c(N=O)cc1O)N(C(=S)NC)c1ccc(N(C)C)c(/C=C/C)c1. The molecule has 0 heterocycles. The van der Waals surface area contributed by atoms with E-state index in [2.05, 4.69) is 17.1 Å². The number of hydrogen-bond donors (Lipinski definition) is 2. The molecule has 7 heteroatoms. The van der Waals surface area contributed by atoms with Crippen molar-refractivity contribution in [2.24, 2.45) is 5.18 Å². The molecule has 31 heavy (non-hydrogen) atoms. The molecule has 0 saturated carbocycles. The Hall–Kier alpha value is -3.19. The molecular formula is C24H30N4O2S. The number of nitrogens with zero attached hydrogens (tertiary/aromatic N) is 3. The number of allylic oxidation sites excluding steroid dienone is 1. The first-order valence-electron chi connectivity index (χ1n) is 10.0. The molecule has 2 aromatic rings. The Morgan fingerprint density at radius 3 is 2.45 bits per heavy atom. The number of phenolic OH excluding ortho intramolecular Hbond substituents is 1. The van der Waals surface area contributed by atoms with Crippen molar-refractivity contribution in [3.05, 3.63) is 64.6 Å². The fourth-order valence-corrected chi connectivity index (χ4v) is 3.61. The van der Waals surface area contributed by atoms with E-state index in [1.807, 2.05) is 70.1 Å². The number of nitrogens with one attached hydrogen (secondary N) is 1. The van der Waals surface area contributed by atoms with Gasteiger partial charge in [0.25, 0.3) is 0 Å². The van der Waals surface area contributed by atoms with Crippen molar-refractivity contribution in [1.29, 1.82) is 0 Å². The Bertz CT molecular complexity index is 1030. The van der Waals surface area contributed by atoms with Crippen LogP contribution in [-0.2, 0) is 0 Å². The van der Waals surface area contributed by atoms with Crippen LogP contribution in [-0.4, -0.2) is 31.4 Å². The highest BCUT2D eigenvalue weighted by atomic mass is 32.1. The Morgan fingerprint density at radius 1 is 1.26 bits per heavy atom. The van der Waals surface area contributed by atoms with Crippen LogP contribution in [0.15, 0.2) is 48.2 Å². The topological polar surface area (TPSA) is 68.2 Å². The van der Waals surface area contributed by atoms with Crippen LogP contribution in [0.2, 0.25) is 0 Å². The molecule has 0 aliphatic heterocycles. The second kappa shape index (κ2) is 10.2. The van der Waals surface area contributed by atoms with Crippen molar-refractivity contribution >= 4 is 46.2 Å². The summed E-state index contributed by atoms with van der Waals surface area (Å²) in [5.41, 5.74) is 4.81. The summed E-state index contributed by atoms with van der Waals surface area (Å²) in [4.78, 5) is 15.0. The zero-order valence-electron chi connectivity index (χ0n) is 18.9. The number of rotatable bonds is 7. The van der Waals surface area contributed by atoms with Gasteiger partial charge >= 0.3 is 0 Å². The summed E-state index contributed by atoms with van der Waals surface area (Å²) in [5, 5.41) is 17.1. The molecular weight excluding hydrogens is 408 g/mol. The third-order valence-corrected chi connectivity index (χ3v) is 5.35. The largest absolute Gasteiger partial charge is 0.507 e. The standard InChI is InChI=1S/C24H30N4O2S/c1-8-9-17-12-18(10-11-22(17)27(6)7)28(24(31)25-5)16(4)20-13-19(15(2)3)21(26-30)14-23(20)29/h8-15,29H,4H2,1-3,5-7H3,(H,25,31)/b9-8+. The summed E-state index contributed by atoms with van der Waals surface area (Å²) in [6.07, 6.45) is 4.01. The van der Waals surface area contributed by atoms with Crippen LogP contribution in [0.4, 0.5) is 17.1 Å². The number of hydrogen-bond acceptors (Lipinski definition) is 5. The Kier molecular flexibility index (Phi) is 7.94. The monoisotopic (exact) mass is 438 g/mol. The Morgan fingerprint density at radius 2 is 1.94 bits per heavy atom. The van der Waals surface area contributed by atoms with E-state index in [9.17, 15) is 10.0 Å². The van der Waals surface area contributed by atoms with Crippen molar-refractivity contribution in [1.82, 2.24) is 5.32 Å². The maximum atomic E-state index is 11.2. The van der Waals surface area contributed by atoms with Gasteiger partial charge in [0.2, 0.25) is 0 Å². The van der Waals surface area contributed by atoms with Gasteiger partial charge in [0, 0.05) is 44.1 Å². The number of phenols is 1. The highest BCUT2D eigenvalue weighted by Crippen LogP contribution is 2.39. The second-order valence-electron chi connectivity index (χ2n) is 7.65. The van der Waals surface area contributed by atoms with Gasteiger partial charge in [-0.2, -0.15) is 0 Å². The van der Waals surface area contributed by atoms with E-state index in [1.165, 1.54) is 6.07 Å². The zero-order valence-corrected chi connectivity index (χ0v) is 19.7. The highest BCUT2D eigenvalue weighted by Gasteiger charge is 2.22. The molecule has 0 spiro atoms. The van der Waals surface area contributed by atoms with E-state index in [0.29, 0.717) is 16.4 Å². The van der Waals surface area contributed by atoms with Crippen molar-refractivity contribution in [2.75, 3.05) is 30.9 Å². The van der Waals surface area contributed by atoms with Crippen LogP contribution in [0.1, 0.15) is 43.4 Å². The van der Waals surface area contributed by atoms with E-state index in [4.69, 9.17) is 12.2 Å². The number of benzene rings is 2. The smallest absolute Gasteiger partial charge is 0.177 e. The van der Waals surface area contributed by atoms with Crippen molar-refractivity contribution < 1.29 is 5.11 Å². The average molecular weight is 439 g/mol. The van der Waals surface area contributed by atoms with E-state index in [0.717, 1.165) is 22.5 Å². The number of nitroso groups, excluding NO2 is 1. The van der Waals surface area contributed by atoms with Gasteiger partial charge in [-0.05, 0) is 65.6 Å². The van der Waals surface area contributed by atoms with Gasteiger partial charge in [-0.25, -0.2) is 0 Å². The minimum absolute atomic E-state index is 0.0465. The van der Waals surface area contributed by atoms with Gasteiger partial charge in [0.05, 0.1) is 5.70 Å². The molecule has 0 bridgehead atoms. The molecule has 0 radical (unpaired) electrons. The molecule has 0 aromatic heterocycles. The van der Waals surface area contributed by atoms with Gasteiger partial charge in [-0.15, -0.1) is 4.91 Å². The third kappa shape index (κ3) is 5.11. The summed E-state index contributed by atoms with van der Waals surface area (Å²) in [7, 11) is 5.72. The van der Waals surface area contributed by atoms with Crippen molar-refractivity contribution in [3.8, 4) is 5.75 Å². The molecule has 0 unspecified atom stereocenters. The number of aromatic hydroxyl groups is 1. The van der Waals surface area contributed by atoms with Gasteiger partial charge in [0.15, 0.2) is 5.11 Å². The molecule has 0 atom stereocenters. The van der Waals surface area contributed by atoms with Crippen molar-refractivity contribution in [3.63, 3.8) is 0 Å². The number of anilines is 2. The zero-order chi connectivity index (χ0) is 23.3. The minimum Gasteiger partial charge on any atom is -0.507 e. The average Bonchev–Trinajstić information content (AvgIpc) is 2.73. The first-order chi connectivity index (χ1) is 14.7. The molecule has 0 aliphatic carbocycles. The van der Waals surface area contributed by atoms with Crippen LogP contribution in [0.5, 0.6) is 5.75 Å². The lowest BCUT2D eigenvalue weighted by atomic mass is 9.96. The first-order valence-corrected chi connectivity index (χ1v) is 10.4. The lowest BCUT2D eigenvalue weighted by molar-refractivity contribution is 0.473. The summed E-state index contributed by atoms with van der Waals surface area (Å²) in [6, 6.07) is 9.13. The highest BCUT2D eigenvalue weighted by molar-refractivity contribution is 7.80. The van der Waals surface area contributed by atoms with Gasteiger partial charge < -0.3 is 15.3 Å². The minimum atomic E-state index is -0.0773. The molecule has 2 aromatic carbocycles. The lowest BCUT2D eigenvalue weighted by Crippen LogP contribution is -2.36. The summed E-state index contributed by atoms with van der Waals surface area (Å²) >= 11 is 5.58. The van der Waals surface area contributed by atoms with E-state index in [-0.39, 0.29) is 17.4 Å². The number of thiocarbonyl (C=S) groups is 1. The molecule has 164 valence electrons. The van der Waals surface area contributed by atoms with E-state index in [1.54, 1.807) is 18.0 Å². The quantitative estimate of drug-likeness (QED) is 0.408.